The van der Waals surface area contributed by atoms with E-state index in [9.17, 15) is 0 Å². The van der Waals surface area contributed by atoms with E-state index in [2.05, 4.69) is 19.2 Å². The van der Waals surface area contributed by atoms with Gasteiger partial charge in [0.05, 0.1) is 0 Å². The molecule has 0 saturated carbocycles. The Morgan fingerprint density at radius 1 is 1.11 bits per heavy atom. The van der Waals surface area contributed by atoms with Crippen molar-refractivity contribution in [3.05, 3.63) is 33.8 Å². The molecule has 0 aliphatic carbocycles. The van der Waals surface area contributed by atoms with Crippen LogP contribution in [-0.2, 0) is 6.42 Å². The molecule has 1 nitrogen and oxygen atoms in total. The molecule has 1 unspecified atom stereocenters. The number of halogens is 2. The lowest BCUT2D eigenvalue weighted by atomic mass is 10.00. The molecule has 0 aliphatic heterocycles. The molecule has 0 aliphatic rings. The summed E-state index contributed by atoms with van der Waals surface area (Å²) in [5.41, 5.74) is 1.15. The van der Waals surface area contributed by atoms with Crippen LogP contribution in [0.15, 0.2) is 18.2 Å². The molecule has 1 aromatic rings. The van der Waals surface area contributed by atoms with E-state index in [-0.39, 0.29) is 0 Å². The van der Waals surface area contributed by atoms with E-state index in [0.717, 1.165) is 35.0 Å². The lowest BCUT2D eigenvalue weighted by molar-refractivity contribution is 0.456. The van der Waals surface area contributed by atoms with E-state index in [0.29, 0.717) is 6.04 Å². The Morgan fingerprint density at radius 3 is 2.58 bits per heavy atom. The summed E-state index contributed by atoms with van der Waals surface area (Å²) in [5.74, 6) is 0. The van der Waals surface area contributed by atoms with Crippen LogP contribution in [0.4, 0.5) is 0 Å². The third-order valence-electron chi connectivity index (χ3n) is 3.31. The monoisotopic (exact) mass is 301 g/mol. The fourth-order valence-electron chi connectivity index (χ4n) is 2.23. The van der Waals surface area contributed by atoms with Gasteiger partial charge in [0.15, 0.2) is 0 Å². The lowest BCUT2D eigenvalue weighted by Gasteiger charge is -2.19. The van der Waals surface area contributed by atoms with E-state index < -0.39 is 0 Å². The molecule has 0 radical (unpaired) electrons. The Hall–Kier alpha value is -0.240. The molecule has 108 valence electrons. The molecule has 0 fully saturated rings. The molecule has 0 bridgehead atoms. The zero-order valence-corrected chi connectivity index (χ0v) is 13.5. The van der Waals surface area contributed by atoms with Crippen LogP contribution in [0.2, 0.25) is 10.0 Å². The summed E-state index contributed by atoms with van der Waals surface area (Å²) in [6.07, 6.45) is 7.16. The molecule has 0 heterocycles. The lowest BCUT2D eigenvalue weighted by Crippen LogP contribution is -2.31. The van der Waals surface area contributed by atoms with Crippen LogP contribution in [0.1, 0.15) is 51.5 Å². The summed E-state index contributed by atoms with van der Waals surface area (Å²) in [4.78, 5) is 0. The van der Waals surface area contributed by atoms with Crippen LogP contribution in [0.25, 0.3) is 0 Å². The first-order valence-electron chi connectivity index (χ1n) is 7.34. The van der Waals surface area contributed by atoms with Gasteiger partial charge in [-0.3, -0.25) is 0 Å². The third kappa shape index (κ3) is 6.65. The molecule has 3 heteroatoms. The van der Waals surface area contributed by atoms with Gasteiger partial charge in [-0.15, -0.1) is 0 Å². The Balaban J connectivity index is 2.61. The van der Waals surface area contributed by atoms with Crippen molar-refractivity contribution in [2.45, 2.75) is 58.4 Å². The molecule has 0 saturated heterocycles. The van der Waals surface area contributed by atoms with Crippen molar-refractivity contribution in [1.82, 2.24) is 5.32 Å². The minimum absolute atomic E-state index is 0.502. The van der Waals surface area contributed by atoms with Crippen LogP contribution in [0.3, 0.4) is 0 Å². The van der Waals surface area contributed by atoms with Crippen molar-refractivity contribution < 1.29 is 0 Å². The van der Waals surface area contributed by atoms with Gasteiger partial charge in [-0.05, 0) is 49.6 Å². The molecular formula is C16H25Cl2N. The van der Waals surface area contributed by atoms with Gasteiger partial charge in [0.1, 0.15) is 0 Å². The number of benzene rings is 1. The molecule has 1 N–H and O–H groups in total. The maximum atomic E-state index is 6.25. The SMILES string of the molecule is CCCCCC(Cc1cc(Cl)ccc1Cl)NCCC. The van der Waals surface area contributed by atoms with Crippen molar-refractivity contribution in [3.8, 4) is 0 Å². The van der Waals surface area contributed by atoms with Gasteiger partial charge < -0.3 is 5.32 Å². The fourth-order valence-corrected chi connectivity index (χ4v) is 2.62. The quantitative estimate of drug-likeness (QED) is 0.595. The van der Waals surface area contributed by atoms with Gasteiger partial charge in [-0.25, -0.2) is 0 Å². The molecular weight excluding hydrogens is 277 g/mol. The molecule has 19 heavy (non-hydrogen) atoms. The summed E-state index contributed by atoms with van der Waals surface area (Å²) in [5, 5.41) is 5.21. The molecule has 0 spiro atoms. The smallest absolute Gasteiger partial charge is 0.0439 e. The maximum absolute atomic E-state index is 6.25. The van der Waals surface area contributed by atoms with Gasteiger partial charge in [-0.1, -0.05) is 56.3 Å². The zero-order valence-electron chi connectivity index (χ0n) is 12.0. The van der Waals surface area contributed by atoms with Gasteiger partial charge in [-0.2, -0.15) is 0 Å². The predicted molar refractivity (Wildman–Crippen MR) is 86.4 cm³/mol. The van der Waals surface area contributed by atoms with E-state index in [1.807, 2.05) is 18.2 Å². The minimum atomic E-state index is 0.502. The first-order chi connectivity index (χ1) is 9.17. The Morgan fingerprint density at radius 2 is 1.89 bits per heavy atom. The van der Waals surface area contributed by atoms with Crippen molar-refractivity contribution in [2.75, 3.05) is 6.54 Å². The largest absolute Gasteiger partial charge is 0.314 e. The summed E-state index contributed by atoms with van der Waals surface area (Å²) >= 11 is 12.3. The van der Waals surface area contributed by atoms with Crippen LogP contribution < -0.4 is 5.32 Å². The summed E-state index contributed by atoms with van der Waals surface area (Å²) in [6, 6.07) is 6.23. The number of hydrogen-bond acceptors (Lipinski definition) is 1. The molecule has 0 aromatic heterocycles. The van der Waals surface area contributed by atoms with E-state index in [4.69, 9.17) is 23.2 Å². The minimum Gasteiger partial charge on any atom is -0.314 e. The Labute approximate surface area is 127 Å². The average Bonchev–Trinajstić information content (AvgIpc) is 2.40. The van der Waals surface area contributed by atoms with Gasteiger partial charge in [0.25, 0.3) is 0 Å². The third-order valence-corrected chi connectivity index (χ3v) is 3.92. The highest BCUT2D eigenvalue weighted by atomic mass is 35.5. The average molecular weight is 302 g/mol. The van der Waals surface area contributed by atoms with Crippen LogP contribution in [0.5, 0.6) is 0 Å². The van der Waals surface area contributed by atoms with Crippen molar-refractivity contribution >= 4 is 23.2 Å². The van der Waals surface area contributed by atoms with Gasteiger partial charge >= 0.3 is 0 Å². The normalized spacial score (nSPS) is 12.6. The molecule has 1 rings (SSSR count). The van der Waals surface area contributed by atoms with Crippen LogP contribution in [0, 0.1) is 0 Å². The van der Waals surface area contributed by atoms with E-state index in [1.165, 1.54) is 25.7 Å². The summed E-state index contributed by atoms with van der Waals surface area (Å²) in [6.45, 7) is 5.50. The van der Waals surface area contributed by atoms with E-state index in [1.54, 1.807) is 0 Å². The summed E-state index contributed by atoms with van der Waals surface area (Å²) in [7, 11) is 0. The Kier molecular flexibility index (Phi) is 8.52. The van der Waals surface area contributed by atoms with Crippen molar-refractivity contribution in [3.63, 3.8) is 0 Å². The molecule has 1 aromatic carbocycles. The second kappa shape index (κ2) is 9.63. The van der Waals surface area contributed by atoms with Crippen molar-refractivity contribution in [2.24, 2.45) is 0 Å². The van der Waals surface area contributed by atoms with Gasteiger partial charge in [0, 0.05) is 16.1 Å². The standard InChI is InChI=1S/C16H25Cl2N/c1-3-5-6-7-15(19-10-4-2)12-13-11-14(17)8-9-16(13)18/h8-9,11,15,19H,3-7,10,12H2,1-2H3. The van der Waals surface area contributed by atoms with Crippen molar-refractivity contribution in [1.29, 1.82) is 0 Å². The number of hydrogen-bond donors (Lipinski definition) is 1. The number of unbranched alkanes of at least 4 members (excludes halogenated alkanes) is 2. The highest BCUT2D eigenvalue weighted by Crippen LogP contribution is 2.23. The predicted octanol–water partition coefficient (Wildman–Crippen LogP) is 5.48. The fraction of sp³-hybridized carbons (Fsp3) is 0.625. The first-order valence-corrected chi connectivity index (χ1v) is 8.10. The highest BCUT2D eigenvalue weighted by Gasteiger charge is 2.11. The number of rotatable bonds is 9. The summed E-state index contributed by atoms with van der Waals surface area (Å²) < 4.78 is 0. The highest BCUT2D eigenvalue weighted by molar-refractivity contribution is 6.33. The second-order valence-electron chi connectivity index (χ2n) is 5.09. The first kappa shape index (κ1) is 16.8. The van der Waals surface area contributed by atoms with Crippen LogP contribution >= 0.6 is 23.2 Å². The topological polar surface area (TPSA) is 12.0 Å². The van der Waals surface area contributed by atoms with Crippen LogP contribution in [-0.4, -0.2) is 12.6 Å². The Bertz CT molecular complexity index is 366. The second-order valence-corrected chi connectivity index (χ2v) is 5.93. The molecule has 0 amide bonds. The zero-order chi connectivity index (χ0) is 14.1. The van der Waals surface area contributed by atoms with E-state index >= 15 is 0 Å². The maximum Gasteiger partial charge on any atom is 0.0439 e. The number of nitrogens with one attached hydrogen (secondary N) is 1. The molecule has 1 atom stereocenters. The van der Waals surface area contributed by atoms with Gasteiger partial charge in [0.2, 0.25) is 0 Å².